The van der Waals surface area contributed by atoms with E-state index in [4.69, 9.17) is 0 Å². The molecule has 1 N–H and O–H groups in total. The average Bonchev–Trinajstić information content (AvgIpc) is 3.50. The van der Waals surface area contributed by atoms with Gasteiger partial charge >= 0.3 is 0 Å². The van der Waals surface area contributed by atoms with E-state index < -0.39 is 0 Å². The van der Waals surface area contributed by atoms with Crippen molar-refractivity contribution < 1.29 is 4.79 Å². The Morgan fingerprint density at radius 3 is 2.64 bits per heavy atom. The lowest BCUT2D eigenvalue weighted by molar-refractivity contribution is -0.110. The zero-order chi connectivity index (χ0) is 24.5. The lowest BCUT2D eigenvalue weighted by Gasteiger charge is -2.07. The van der Waals surface area contributed by atoms with Crippen LogP contribution in [0.2, 0.25) is 0 Å². The van der Waals surface area contributed by atoms with Gasteiger partial charge in [0.25, 0.3) is 11.5 Å². The van der Waals surface area contributed by atoms with Gasteiger partial charge in [-0.1, -0.05) is 42.5 Å². The number of para-hydroxylation sites is 2. The van der Waals surface area contributed by atoms with Gasteiger partial charge in [-0.3, -0.25) is 14.0 Å². The fraction of sp³-hybridized carbons (Fsp3) is 0. The van der Waals surface area contributed by atoms with Gasteiger partial charge in [0.15, 0.2) is 5.71 Å². The first-order valence-electron chi connectivity index (χ1n) is 10.7. The normalized spacial score (nSPS) is 14.0. The number of amides is 1. The topological polar surface area (TPSA) is 132 Å². The summed E-state index contributed by atoms with van der Waals surface area (Å²) in [7, 11) is 0. The number of benzene rings is 2. The standard InChI is InChI=1S/C24H15N9O2S/c34-21-20(16-10-4-5-11-18(16)26-21)28-25-14-17-22(27-19-12-6-7-13-32(19)23(17)35)36-24-29-30-31-33(24)15-8-2-1-3-9-15/h1-14H,(H,26,28,34)/b25-14-. The summed E-state index contributed by atoms with van der Waals surface area (Å²) in [5.74, 6) is -0.363. The smallest absolute Gasteiger partial charge is 0.276 e. The number of rotatable bonds is 5. The van der Waals surface area contributed by atoms with E-state index in [-0.39, 0.29) is 22.7 Å². The number of aromatic nitrogens is 6. The van der Waals surface area contributed by atoms with Crippen LogP contribution in [0.15, 0.2) is 104 Å². The molecule has 3 aromatic heterocycles. The van der Waals surface area contributed by atoms with E-state index in [9.17, 15) is 9.59 Å². The first-order chi connectivity index (χ1) is 17.7. The molecule has 0 spiro atoms. The Morgan fingerprint density at radius 1 is 0.944 bits per heavy atom. The summed E-state index contributed by atoms with van der Waals surface area (Å²) in [6, 6.07) is 21.8. The van der Waals surface area contributed by atoms with Crippen LogP contribution >= 0.6 is 11.8 Å². The summed E-state index contributed by atoms with van der Waals surface area (Å²) in [4.78, 5) is 30.3. The fourth-order valence-corrected chi connectivity index (χ4v) is 4.54. The number of hydrogen-bond donors (Lipinski definition) is 1. The quantitative estimate of drug-likeness (QED) is 0.226. The van der Waals surface area contributed by atoms with Gasteiger partial charge in [-0.2, -0.15) is 9.78 Å². The monoisotopic (exact) mass is 493 g/mol. The molecule has 1 aliphatic heterocycles. The van der Waals surface area contributed by atoms with E-state index in [1.54, 1.807) is 41.2 Å². The molecule has 1 amide bonds. The first kappa shape index (κ1) is 21.6. The van der Waals surface area contributed by atoms with Gasteiger partial charge in [-0.05, 0) is 52.5 Å². The molecule has 0 bridgehead atoms. The third-order valence-electron chi connectivity index (χ3n) is 5.35. The van der Waals surface area contributed by atoms with Crippen LogP contribution in [0.3, 0.4) is 0 Å². The first-order valence-corrected chi connectivity index (χ1v) is 11.6. The average molecular weight is 494 g/mol. The number of nitrogens with one attached hydrogen (secondary N) is 1. The number of pyridine rings is 1. The van der Waals surface area contributed by atoms with Crippen LogP contribution < -0.4 is 10.9 Å². The third-order valence-corrected chi connectivity index (χ3v) is 6.30. The number of carbonyl (C=O) groups is 1. The van der Waals surface area contributed by atoms with Crippen molar-refractivity contribution in [3.63, 3.8) is 0 Å². The van der Waals surface area contributed by atoms with Crippen molar-refractivity contribution in [3.05, 3.63) is 100 Å². The number of tetrazole rings is 1. The lowest BCUT2D eigenvalue weighted by atomic mass is 10.1. The second-order valence-electron chi connectivity index (χ2n) is 7.57. The highest BCUT2D eigenvalue weighted by Crippen LogP contribution is 2.27. The number of fused-ring (bicyclic) bond motifs is 2. The van der Waals surface area contributed by atoms with Crippen LogP contribution in [0.4, 0.5) is 5.69 Å². The molecule has 0 fully saturated rings. The molecule has 1 aliphatic rings. The Kier molecular flexibility index (Phi) is 5.39. The van der Waals surface area contributed by atoms with Crippen LogP contribution in [0.5, 0.6) is 0 Å². The van der Waals surface area contributed by atoms with E-state index in [1.165, 1.54) is 10.6 Å². The second kappa shape index (κ2) is 9.00. The Morgan fingerprint density at radius 2 is 1.75 bits per heavy atom. The highest BCUT2D eigenvalue weighted by molar-refractivity contribution is 7.99. The zero-order valence-corrected chi connectivity index (χ0v) is 19.2. The minimum absolute atomic E-state index is 0.165. The molecule has 0 unspecified atom stereocenters. The summed E-state index contributed by atoms with van der Waals surface area (Å²) in [6.45, 7) is 0. The summed E-state index contributed by atoms with van der Waals surface area (Å²) >= 11 is 1.13. The van der Waals surface area contributed by atoms with E-state index in [1.807, 2.05) is 42.5 Å². The maximum Gasteiger partial charge on any atom is 0.276 e. The highest BCUT2D eigenvalue weighted by atomic mass is 32.2. The molecule has 0 atom stereocenters. The van der Waals surface area contributed by atoms with Crippen molar-refractivity contribution >= 4 is 40.9 Å². The van der Waals surface area contributed by atoms with Gasteiger partial charge in [0.2, 0.25) is 5.16 Å². The maximum atomic E-state index is 13.4. The summed E-state index contributed by atoms with van der Waals surface area (Å²) < 4.78 is 2.97. The van der Waals surface area contributed by atoms with Crippen LogP contribution in [-0.2, 0) is 4.79 Å². The molecular formula is C24H15N9O2S. The van der Waals surface area contributed by atoms with E-state index >= 15 is 0 Å². The van der Waals surface area contributed by atoms with Gasteiger partial charge in [0, 0.05) is 11.8 Å². The molecule has 12 heteroatoms. The molecule has 4 heterocycles. The molecule has 0 saturated heterocycles. The van der Waals surface area contributed by atoms with Crippen molar-refractivity contribution in [2.24, 2.45) is 10.2 Å². The van der Waals surface area contributed by atoms with Crippen LogP contribution in [0, 0.1) is 0 Å². The molecule has 0 aliphatic carbocycles. The number of nitrogens with zero attached hydrogens (tertiary/aromatic N) is 8. The minimum atomic E-state index is -0.363. The molecule has 36 heavy (non-hydrogen) atoms. The number of hydrogen-bond acceptors (Lipinski definition) is 9. The predicted molar refractivity (Wildman–Crippen MR) is 134 cm³/mol. The Hall–Kier alpha value is -4.97. The number of carbonyl (C=O) groups excluding carboxylic acids is 1. The molecule has 5 aromatic rings. The molecule has 0 radical (unpaired) electrons. The van der Waals surface area contributed by atoms with Gasteiger partial charge in [0.1, 0.15) is 10.7 Å². The Balaban J connectivity index is 1.43. The van der Waals surface area contributed by atoms with Crippen molar-refractivity contribution in [2.45, 2.75) is 10.2 Å². The molecule has 174 valence electrons. The Labute approximate surface area is 207 Å². The lowest BCUT2D eigenvalue weighted by Crippen LogP contribution is -2.21. The van der Waals surface area contributed by atoms with E-state index in [0.717, 1.165) is 17.4 Å². The van der Waals surface area contributed by atoms with Crippen LogP contribution in [0.25, 0.3) is 11.3 Å². The minimum Gasteiger partial charge on any atom is -0.320 e. The SMILES string of the molecule is O=C1Nc2ccccc2/C1=N\N=C/c1c(Sc2nnnn2-c2ccccc2)nc2ccccn2c1=O. The van der Waals surface area contributed by atoms with Gasteiger partial charge in [-0.25, -0.2) is 4.98 Å². The van der Waals surface area contributed by atoms with Crippen LogP contribution in [-0.4, -0.2) is 47.4 Å². The van der Waals surface area contributed by atoms with Gasteiger partial charge in [0.05, 0.1) is 23.2 Å². The largest absolute Gasteiger partial charge is 0.320 e. The molecular weight excluding hydrogens is 478 g/mol. The molecule has 6 rings (SSSR count). The molecule has 2 aromatic carbocycles. The molecule has 11 nitrogen and oxygen atoms in total. The fourth-order valence-electron chi connectivity index (χ4n) is 3.68. The van der Waals surface area contributed by atoms with Gasteiger partial charge in [-0.15, -0.1) is 10.2 Å². The highest BCUT2D eigenvalue weighted by Gasteiger charge is 2.25. The maximum absolute atomic E-state index is 13.4. The van der Waals surface area contributed by atoms with Gasteiger partial charge < -0.3 is 5.32 Å². The number of anilines is 1. The van der Waals surface area contributed by atoms with Crippen molar-refractivity contribution in [2.75, 3.05) is 5.32 Å². The van der Waals surface area contributed by atoms with E-state index in [0.29, 0.717) is 27.1 Å². The summed E-state index contributed by atoms with van der Waals surface area (Å²) in [6.07, 6.45) is 2.92. The van der Waals surface area contributed by atoms with E-state index in [2.05, 4.69) is 36.0 Å². The Bertz CT molecular complexity index is 1740. The zero-order valence-electron chi connectivity index (χ0n) is 18.4. The predicted octanol–water partition coefficient (Wildman–Crippen LogP) is 2.60. The van der Waals surface area contributed by atoms with Crippen molar-refractivity contribution in [1.29, 1.82) is 0 Å². The van der Waals surface area contributed by atoms with Crippen molar-refractivity contribution in [1.82, 2.24) is 29.6 Å². The second-order valence-corrected chi connectivity index (χ2v) is 8.52. The molecule has 0 saturated carbocycles. The van der Waals surface area contributed by atoms with Crippen LogP contribution in [0.1, 0.15) is 11.1 Å². The summed E-state index contributed by atoms with van der Waals surface area (Å²) in [5, 5.41) is 23.7. The summed E-state index contributed by atoms with van der Waals surface area (Å²) in [5.41, 5.74) is 2.52. The third kappa shape index (κ3) is 3.84. The van der Waals surface area contributed by atoms with Crippen molar-refractivity contribution in [3.8, 4) is 5.69 Å².